The standard InChI is InChI=1S/C16H22N5OS/c1-19(2)9-13(22)14-10-21(4,7-8-23-14)16-12-5-6-20(3)15(12)17-11-18-16/h5-6,10-11H,7-9H2,1-4H3/q+1. The Bertz CT molecular complexity index is 782. The van der Waals surface area contributed by atoms with Crippen LogP contribution in [-0.4, -0.2) is 65.2 Å². The molecule has 0 aliphatic carbocycles. The number of carbonyl (C=O) groups is 1. The molecule has 0 aromatic carbocycles. The topological polar surface area (TPSA) is 51.0 Å². The van der Waals surface area contributed by atoms with Crippen LogP contribution < -0.4 is 4.48 Å². The van der Waals surface area contributed by atoms with Gasteiger partial charge in [0.25, 0.3) is 0 Å². The third-order valence-electron chi connectivity index (χ3n) is 4.07. The number of likely N-dealkylation sites (N-methyl/N-ethyl adjacent to an activating group) is 1. The van der Waals surface area contributed by atoms with E-state index >= 15 is 0 Å². The van der Waals surface area contributed by atoms with E-state index in [4.69, 9.17) is 0 Å². The van der Waals surface area contributed by atoms with Crippen molar-refractivity contribution in [3.63, 3.8) is 0 Å². The van der Waals surface area contributed by atoms with E-state index in [1.165, 1.54) is 0 Å². The largest absolute Gasteiger partial charge is 0.335 e. The number of carbonyl (C=O) groups excluding carboxylic acids is 1. The molecule has 2 aromatic rings. The molecule has 122 valence electrons. The number of aryl methyl sites for hydroxylation is 1. The van der Waals surface area contributed by atoms with E-state index in [2.05, 4.69) is 23.2 Å². The number of fused-ring (bicyclic) bond motifs is 1. The number of quaternary nitrogens is 1. The Morgan fingerprint density at radius 3 is 2.96 bits per heavy atom. The summed E-state index contributed by atoms with van der Waals surface area (Å²) in [5.74, 6) is 2.02. The molecule has 1 atom stereocenters. The highest BCUT2D eigenvalue weighted by molar-refractivity contribution is 8.04. The number of ketones is 1. The van der Waals surface area contributed by atoms with E-state index in [1.54, 1.807) is 18.1 Å². The maximum absolute atomic E-state index is 12.4. The minimum Gasteiger partial charge on any atom is -0.335 e. The SMILES string of the molecule is CN(C)CC(=O)C1=C[N+](C)(c2ncnc3c2ccn3C)CCS1. The highest BCUT2D eigenvalue weighted by atomic mass is 32.2. The van der Waals surface area contributed by atoms with Crippen molar-refractivity contribution in [3.05, 3.63) is 29.7 Å². The van der Waals surface area contributed by atoms with Crippen molar-refractivity contribution >= 4 is 34.4 Å². The number of hydrogen-bond acceptors (Lipinski definition) is 5. The molecule has 6 nitrogen and oxygen atoms in total. The van der Waals surface area contributed by atoms with Crippen molar-refractivity contribution in [1.82, 2.24) is 23.9 Å². The van der Waals surface area contributed by atoms with E-state index in [0.29, 0.717) is 11.0 Å². The van der Waals surface area contributed by atoms with Crippen LogP contribution in [0.2, 0.25) is 0 Å². The summed E-state index contributed by atoms with van der Waals surface area (Å²) in [7, 11) is 7.92. The molecular formula is C16H22N5OS+. The number of rotatable bonds is 4. The van der Waals surface area contributed by atoms with Gasteiger partial charge in [0.15, 0.2) is 5.78 Å². The highest BCUT2D eigenvalue weighted by Gasteiger charge is 2.33. The second kappa shape index (κ2) is 6.07. The third kappa shape index (κ3) is 3.04. The zero-order chi connectivity index (χ0) is 16.6. The fraction of sp³-hybridized carbons (Fsp3) is 0.438. The minimum atomic E-state index is 0.169. The lowest BCUT2D eigenvalue weighted by molar-refractivity contribution is -0.115. The van der Waals surface area contributed by atoms with Crippen molar-refractivity contribution in [1.29, 1.82) is 0 Å². The Kier molecular flexibility index (Phi) is 4.27. The zero-order valence-electron chi connectivity index (χ0n) is 14.0. The Morgan fingerprint density at radius 2 is 2.22 bits per heavy atom. The summed E-state index contributed by atoms with van der Waals surface area (Å²) in [5.41, 5.74) is 0.919. The van der Waals surface area contributed by atoms with E-state index in [9.17, 15) is 4.79 Å². The number of Topliss-reactive ketones (excluding diaryl/α,β-unsaturated/α-hetero) is 1. The molecule has 3 rings (SSSR count). The molecule has 0 saturated carbocycles. The van der Waals surface area contributed by atoms with Gasteiger partial charge in [0.1, 0.15) is 28.5 Å². The van der Waals surface area contributed by atoms with Gasteiger partial charge in [-0.15, -0.1) is 11.8 Å². The molecule has 2 aromatic heterocycles. The molecule has 0 N–H and O–H groups in total. The van der Waals surface area contributed by atoms with Crippen molar-refractivity contribution in [3.8, 4) is 0 Å². The van der Waals surface area contributed by atoms with Crippen LogP contribution in [0.1, 0.15) is 0 Å². The maximum Gasteiger partial charge on any atom is 0.244 e. The van der Waals surface area contributed by atoms with Gasteiger partial charge in [0.05, 0.1) is 20.1 Å². The van der Waals surface area contributed by atoms with Crippen molar-refractivity contribution in [2.24, 2.45) is 7.05 Å². The van der Waals surface area contributed by atoms with Crippen LogP contribution in [0.3, 0.4) is 0 Å². The first-order valence-electron chi connectivity index (χ1n) is 7.56. The van der Waals surface area contributed by atoms with Gasteiger partial charge in [-0.05, 0) is 20.2 Å². The normalized spacial score (nSPS) is 21.7. The average Bonchev–Trinajstić information content (AvgIpc) is 2.88. The second-order valence-corrected chi connectivity index (χ2v) is 7.49. The summed E-state index contributed by atoms with van der Waals surface area (Å²) >= 11 is 1.64. The predicted molar refractivity (Wildman–Crippen MR) is 95.2 cm³/mol. The summed E-state index contributed by atoms with van der Waals surface area (Å²) in [6, 6.07) is 2.05. The molecular weight excluding hydrogens is 310 g/mol. The monoisotopic (exact) mass is 332 g/mol. The minimum absolute atomic E-state index is 0.169. The molecule has 23 heavy (non-hydrogen) atoms. The molecule has 0 saturated heterocycles. The van der Waals surface area contributed by atoms with Crippen LogP contribution in [-0.2, 0) is 11.8 Å². The molecule has 0 radical (unpaired) electrons. The summed E-state index contributed by atoms with van der Waals surface area (Å²) in [4.78, 5) is 24.1. The number of aromatic nitrogens is 3. The van der Waals surface area contributed by atoms with Crippen molar-refractivity contribution < 1.29 is 4.79 Å². The van der Waals surface area contributed by atoms with Crippen LogP contribution in [0.25, 0.3) is 11.0 Å². The lowest BCUT2D eigenvalue weighted by atomic mass is 10.2. The van der Waals surface area contributed by atoms with Crippen LogP contribution in [0.5, 0.6) is 0 Å². The Labute approximate surface area is 140 Å². The molecule has 0 spiro atoms. The lowest BCUT2D eigenvalue weighted by Crippen LogP contribution is -2.45. The Morgan fingerprint density at radius 1 is 1.43 bits per heavy atom. The summed E-state index contributed by atoms with van der Waals surface area (Å²) < 4.78 is 2.53. The first kappa shape index (κ1) is 16.2. The van der Waals surface area contributed by atoms with Crippen LogP contribution >= 0.6 is 11.8 Å². The number of hydrogen-bond donors (Lipinski definition) is 0. The lowest BCUT2D eigenvalue weighted by Gasteiger charge is -2.32. The summed E-state index contributed by atoms with van der Waals surface area (Å²) in [6.45, 7) is 1.34. The van der Waals surface area contributed by atoms with Gasteiger partial charge in [0.2, 0.25) is 5.82 Å². The first-order chi connectivity index (χ1) is 10.9. The Balaban J connectivity index is 2.04. The molecule has 0 amide bonds. The van der Waals surface area contributed by atoms with Gasteiger partial charge in [-0.1, -0.05) is 0 Å². The van der Waals surface area contributed by atoms with Crippen LogP contribution in [0.15, 0.2) is 29.7 Å². The van der Waals surface area contributed by atoms with Crippen molar-refractivity contribution in [2.45, 2.75) is 0 Å². The van der Waals surface area contributed by atoms with E-state index < -0.39 is 0 Å². The quantitative estimate of drug-likeness (QED) is 0.797. The highest BCUT2D eigenvalue weighted by Crippen LogP contribution is 2.34. The summed E-state index contributed by atoms with van der Waals surface area (Å²) in [6.07, 6.45) is 5.66. The van der Waals surface area contributed by atoms with Crippen LogP contribution in [0.4, 0.5) is 5.82 Å². The second-order valence-electron chi connectivity index (χ2n) is 6.36. The molecule has 0 fully saturated rings. The zero-order valence-corrected chi connectivity index (χ0v) is 14.8. The number of thioether (sulfide) groups is 1. The van der Waals surface area contributed by atoms with Crippen molar-refractivity contribution in [2.75, 3.05) is 40.0 Å². The predicted octanol–water partition coefficient (Wildman–Crippen LogP) is 1.62. The summed E-state index contributed by atoms with van der Waals surface area (Å²) in [5, 5.41) is 1.04. The third-order valence-corrected chi connectivity index (χ3v) is 5.11. The fourth-order valence-corrected chi connectivity index (χ4v) is 4.09. The molecule has 1 unspecified atom stereocenters. The average molecular weight is 332 g/mol. The molecule has 3 heterocycles. The number of nitrogens with zero attached hydrogens (tertiary/aromatic N) is 5. The molecule has 7 heteroatoms. The van der Waals surface area contributed by atoms with Gasteiger partial charge in [-0.3, -0.25) is 4.79 Å². The Hall–Kier alpha value is -1.70. The maximum atomic E-state index is 12.4. The van der Waals surface area contributed by atoms with Gasteiger partial charge < -0.3 is 9.47 Å². The van der Waals surface area contributed by atoms with Gasteiger partial charge in [-0.2, -0.15) is 4.98 Å². The van der Waals surface area contributed by atoms with Gasteiger partial charge in [0, 0.05) is 19.0 Å². The van der Waals surface area contributed by atoms with E-state index in [1.807, 2.05) is 42.9 Å². The van der Waals surface area contributed by atoms with Crippen LogP contribution in [0, 0.1) is 0 Å². The van der Waals surface area contributed by atoms with E-state index in [0.717, 1.165) is 34.1 Å². The first-order valence-corrected chi connectivity index (χ1v) is 8.55. The molecule has 0 bridgehead atoms. The van der Waals surface area contributed by atoms with Gasteiger partial charge >= 0.3 is 0 Å². The fourth-order valence-electron chi connectivity index (χ4n) is 2.86. The smallest absolute Gasteiger partial charge is 0.244 e. The van der Waals surface area contributed by atoms with E-state index in [-0.39, 0.29) is 5.78 Å². The molecule has 1 aliphatic heterocycles. The molecule has 1 aliphatic rings. The van der Waals surface area contributed by atoms with Gasteiger partial charge in [-0.25, -0.2) is 9.47 Å².